The van der Waals surface area contributed by atoms with Crippen LogP contribution in [-0.2, 0) is 23.1 Å². The highest BCUT2D eigenvalue weighted by molar-refractivity contribution is 5.68. The lowest BCUT2D eigenvalue weighted by Crippen LogP contribution is -2.41. The maximum atomic E-state index is 12.7. The molecule has 1 aromatic carbocycles. The molecule has 0 saturated heterocycles. The Hall–Kier alpha value is -3.30. The Morgan fingerprint density at radius 3 is 2.41 bits per heavy atom. The van der Waals surface area contributed by atoms with Crippen molar-refractivity contribution in [2.75, 3.05) is 25.1 Å². The van der Waals surface area contributed by atoms with Crippen LogP contribution in [-0.4, -0.2) is 46.2 Å². The van der Waals surface area contributed by atoms with Gasteiger partial charge in [0.15, 0.2) is 0 Å². The molecule has 1 N–H and O–H groups in total. The lowest BCUT2D eigenvalue weighted by Gasteiger charge is -2.15. The number of unbranched alkanes of at least 4 members (excludes halogenated alkanes) is 5. The van der Waals surface area contributed by atoms with Crippen LogP contribution < -0.4 is 26.0 Å². The summed E-state index contributed by atoms with van der Waals surface area (Å²) in [5.41, 5.74) is -0.750. The molecule has 10 nitrogen and oxygen atoms in total. The maximum absolute atomic E-state index is 12.7. The molecule has 1 heterocycles. The molecule has 0 amide bonds. The number of esters is 1. The lowest BCUT2D eigenvalue weighted by atomic mass is 10.1. The predicted octanol–water partition coefficient (Wildman–Crippen LogP) is 3.90. The number of nitrogens with one attached hydrogen (secondary N) is 1. The van der Waals surface area contributed by atoms with Crippen molar-refractivity contribution >= 4 is 11.8 Å². The molecule has 206 valence electrons. The van der Waals surface area contributed by atoms with Gasteiger partial charge in [-0.3, -0.25) is 14.2 Å². The van der Waals surface area contributed by atoms with Crippen LogP contribution in [0.4, 0.5) is 5.82 Å². The third kappa shape index (κ3) is 10.7. The number of hydrogen-bond donors (Lipinski definition) is 1. The van der Waals surface area contributed by atoms with Crippen LogP contribution in [0, 0.1) is 0 Å². The maximum Gasteiger partial charge on any atom is 0.347 e. The van der Waals surface area contributed by atoms with E-state index in [4.69, 9.17) is 14.2 Å². The minimum absolute atomic E-state index is 0.200. The highest BCUT2D eigenvalue weighted by Gasteiger charge is 2.11. The van der Waals surface area contributed by atoms with E-state index in [1.807, 2.05) is 31.2 Å². The number of hydrogen-bond acceptors (Lipinski definition) is 8. The molecule has 0 bridgehead atoms. The Balaban J connectivity index is 1.71. The summed E-state index contributed by atoms with van der Waals surface area (Å²) in [6.07, 6.45) is 6.88. The number of nitrogens with zero attached hydrogens (tertiary/aromatic N) is 3. The van der Waals surface area contributed by atoms with Crippen LogP contribution in [0.1, 0.15) is 72.1 Å². The third-order valence-corrected chi connectivity index (χ3v) is 5.75. The number of carbonyl (C=O) groups is 1. The van der Waals surface area contributed by atoms with Gasteiger partial charge in [0.25, 0.3) is 5.56 Å². The van der Waals surface area contributed by atoms with E-state index >= 15 is 0 Å². The fraction of sp³-hybridized carbons (Fsp3) is 0.630. The van der Waals surface area contributed by atoms with Crippen molar-refractivity contribution in [1.82, 2.24) is 14.3 Å². The molecule has 10 heteroatoms. The molecule has 0 aliphatic heterocycles. The van der Waals surface area contributed by atoms with Gasteiger partial charge < -0.3 is 19.5 Å². The first-order chi connectivity index (χ1) is 17.8. The average Bonchev–Trinajstić information content (AvgIpc) is 2.90. The van der Waals surface area contributed by atoms with Gasteiger partial charge in [-0.1, -0.05) is 39.5 Å². The quantitative estimate of drug-likeness (QED) is 0.233. The van der Waals surface area contributed by atoms with E-state index in [2.05, 4.69) is 17.3 Å². The molecule has 0 saturated carbocycles. The lowest BCUT2D eigenvalue weighted by molar-refractivity contribution is -0.145. The Kier molecular flexibility index (Phi) is 13.3. The molecule has 37 heavy (non-hydrogen) atoms. The van der Waals surface area contributed by atoms with Gasteiger partial charge in [-0.05, 0) is 50.5 Å². The highest BCUT2D eigenvalue weighted by Crippen LogP contribution is 2.19. The standard InChI is InChI=1S/C27H42N4O6/c1-5-7-8-9-11-18-31-26(33)25(29-30(4)27(31)34)28-17-10-12-19-35-22-13-15-23(16-14-22)37-21(3)20-36-24(32)6-2/h13-16,21H,5-12,17-20H2,1-4H3,(H,28,29). The van der Waals surface area contributed by atoms with Crippen LogP contribution in [0.3, 0.4) is 0 Å². The van der Waals surface area contributed by atoms with Crippen LogP contribution >= 0.6 is 0 Å². The molecule has 1 unspecified atom stereocenters. The molecular formula is C27H42N4O6. The van der Waals surface area contributed by atoms with Gasteiger partial charge >= 0.3 is 11.7 Å². The summed E-state index contributed by atoms with van der Waals surface area (Å²) in [4.78, 5) is 36.3. The minimum Gasteiger partial charge on any atom is -0.494 e. The van der Waals surface area contributed by atoms with E-state index in [1.54, 1.807) is 14.0 Å². The van der Waals surface area contributed by atoms with Gasteiger partial charge in [0.2, 0.25) is 5.82 Å². The fourth-order valence-electron chi connectivity index (χ4n) is 3.62. The molecule has 0 fully saturated rings. The van der Waals surface area contributed by atoms with E-state index in [9.17, 15) is 14.4 Å². The van der Waals surface area contributed by atoms with Crippen LogP contribution in [0.2, 0.25) is 0 Å². The first-order valence-corrected chi connectivity index (χ1v) is 13.3. The zero-order valence-corrected chi connectivity index (χ0v) is 22.7. The Labute approximate surface area is 218 Å². The third-order valence-electron chi connectivity index (χ3n) is 5.75. The second kappa shape index (κ2) is 16.4. The van der Waals surface area contributed by atoms with Gasteiger partial charge in [-0.2, -0.15) is 0 Å². The molecule has 2 rings (SSSR count). The van der Waals surface area contributed by atoms with E-state index in [1.165, 1.54) is 9.25 Å². The van der Waals surface area contributed by atoms with Crippen molar-refractivity contribution in [2.24, 2.45) is 7.05 Å². The molecule has 1 atom stereocenters. The van der Waals surface area contributed by atoms with Crippen molar-refractivity contribution in [1.29, 1.82) is 0 Å². The summed E-state index contributed by atoms with van der Waals surface area (Å²) in [5.74, 6) is 1.36. The molecular weight excluding hydrogens is 476 g/mol. The van der Waals surface area contributed by atoms with E-state index in [0.717, 1.165) is 50.7 Å². The summed E-state index contributed by atoms with van der Waals surface area (Å²) in [6.45, 7) is 7.44. The topological polar surface area (TPSA) is 114 Å². The molecule has 0 aliphatic carbocycles. The van der Waals surface area contributed by atoms with E-state index in [0.29, 0.717) is 31.9 Å². The molecule has 0 spiro atoms. The summed E-state index contributed by atoms with van der Waals surface area (Å²) in [6, 6.07) is 7.29. The zero-order chi connectivity index (χ0) is 27.0. The SMILES string of the molecule is CCCCCCCn1c(=O)c(NCCCCOc2ccc(OC(C)COC(=O)CC)cc2)nn(C)c1=O. The van der Waals surface area contributed by atoms with Crippen molar-refractivity contribution in [3.8, 4) is 11.5 Å². The van der Waals surface area contributed by atoms with Crippen molar-refractivity contribution < 1.29 is 19.0 Å². The molecule has 0 aliphatic rings. The second-order valence-corrected chi connectivity index (χ2v) is 9.04. The first-order valence-electron chi connectivity index (χ1n) is 13.3. The molecule has 1 aromatic heterocycles. The number of rotatable bonds is 18. The zero-order valence-electron chi connectivity index (χ0n) is 22.7. The predicted molar refractivity (Wildman–Crippen MR) is 143 cm³/mol. The fourth-order valence-corrected chi connectivity index (χ4v) is 3.62. The van der Waals surface area contributed by atoms with Crippen LogP contribution in [0.15, 0.2) is 33.9 Å². The van der Waals surface area contributed by atoms with Crippen molar-refractivity contribution in [3.63, 3.8) is 0 Å². The smallest absolute Gasteiger partial charge is 0.347 e. The van der Waals surface area contributed by atoms with Gasteiger partial charge in [0.1, 0.15) is 24.2 Å². The summed E-state index contributed by atoms with van der Waals surface area (Å²) >= 11 is 0. The van der Waals surface area contributed by atoms with Gasteiger partial charge in [-0.25, -0.2) is 9.48 Å². The Morgan fingerprint density at radius 2 is 1.70 bits per heavy atom. The van der Waals surface area contributed by atoms with Gasteiger partial charge in [0.05, 0.1) is 6.61 Å². The Morgan fingerprint density at radius 1 is 1.00 bits per heavy atom. The van der Waals surface area contributed by atoms with Crippen molar-refractivity contribution in [3.05, 3.63) is 45.1 Å². The number of aryl methyl sites for hydroxylation is 1. The summed E-state index contributed by atoms with van der Waals surface area (Å²) in [7, 11) is 1.56. The number of anilines is 1. The van der Waals surface area contributed by atoms with Gasteiger partial charge in [-0.15, -0.1) is 5.10 Å². The van der Waals surface area contributed by atoms with Gasteiger partial charge in [0, 0.05) is 26.6 Å². The number of benzene rings is 1. The van der Waals surface area contributed by atoms with Crippen molar-refractivity contribution in [2.45, 2.75) is 84.8 Å². The Bertz CT molecular complexity index is 1060. The van der Waals surface area contributed by atoms with Crippen LogP contribution in [0.25, 0.3) is 0 Å². The highest BCUT2D eigenvalue weighted by atomic mass is 16.6. The first kappa shape index (κ1) is 29.9. The summed E-state index contributed by atoms with van der Waals surface area (Å²) in [5, 5.41) is 7.17. The van der Waals surface area contributed by atoms with Crippen LogP contribution in [0.5, 0.6) is 11.5 Å². The minimum atomic E-state index is -0.384. The van der Waals surface area contributed by atoms with E-state index < -0.39 is 0 Å². The largest absolute Gasteiger partial charge is 0.494 e. The number of aromatic nitrogens is 3. The van der Waals surface area contributed by atoms with E-state index in [-0.39, 0.29) is 35.7 Å². The number of carbonyl (C=O) groups excluding carboxylic acids is 1. The molecule has 0 radical (unpaired) electrons. The monoisotopic (exact) mass is 518 g/mol. The normalized spacial score (nSPS) is 11.7. The summed E-state index contributed by atoms with van der Waals surface area (Å²) < 4.78 is 19.1. The second-order valence-electron chi connectivity index (χ2n) is 9.04. The number of ether oxygens (including phenoxy) is 3. The molecule has 2 aromatic rings. The average molecular weight is 519 g/mol.